The minimum Gasteiger partial charge on any atom is -0.458 e. The molecule has 24 heavy (non-hydrogen) atoms. The molecule has 0 spiro atoms. The van der Waals surface area contributed by atoms with Gasteiger partial charge in [-0.15, -0.1) is 5.92 Å². The molecule has 5 nitrogen and oxygen atoms in total. The summed E-state index contributed by atoms with van der Waals surface area (Å²) in [6, 6.07) is -0.554. The summed E-state index contributed by atoms with van der Waals surface area (Å²) in [5.41, 5.74) is -0.558. The average molecular weight is 336 g/mol. The molecule has 0 aliphatic carbocycles. The summed E-state index contributed by atoms with van der Waals surface area (Å²) in [5.74, 6) is 5.54. The van der Waals surface area contributed by atoms with Crippen LogP contribution in [0.15, 0.2) is 0 Å². The van der Waals surface area contributed by atoms with Gasteiger partial charge in [-0.25, -0.2) is 4.79 Å². The van der Waals surface area contributed by atoms with Crippen molar-refractivity contribution in [1.82, 2.24) is 9.80 Å². The van der Waals surface area contributed by atoms with E-state index in [1.807, 2.05) is 41.5 Å². The van der Waals surface area contributed by atoms with Crippen LogP contribution in [-0.2, 0) is 14.3 Å². The zero-order valence-corrected chi connectivity index (χ0v) is 16.2. The molecule has 1 unspecified atom stereocenters. The fraction of sp³-hybridized carbons (Fsp3) is 0.789. The Balaban J connectivity index is 2.76. The quantitative estimate of drug-likeness (QED) is 0.570. The van der Waals surface area contributed by atoms with Crippen LogP contribution in [0.3, 0.4) is 0 Å². The second-order valence-electron chi connectivity index (χ2n) is 7.82. The molecule has 0 aromatic rings. The third-order valence-electron chi connectivity index (χ3n) is 4.15. The van der Waals surface area contributed by atoms with Gasteiger partial charge in [0.25, 0.3) is 0 Å². The van der Waals surface area contributed by atoms with Crippen molar-refractivity contribution < 1.29 is 14.3 Å². The van der Waals surface area contributed by atoms with E-state index in [-0.39, 0.29) is 23.7 Å². The number of esters is 1. The Kier molecular flexibility index (Phi) is 7.28. The second-order valence-corrected chi connectivity index (χ2v) is 7.82. The van der Waals surface area contributed by atoms with E-state index in [0.717, 1.165) is 13.0 Å². The third-order valence-corrected chi connectivity index (χ3v) is 4.15. The Morgan fingerprint density at radius 3 is 2.46 bits per heavy atom. The number of hydrogen-bond donors (Lipinski definition) is 0. The van der Waals surface area contributed by atoms with Gasteiger partial charge in [0, 0.05) is 13.6 Å². The number of amides is 1. The highest BCUT2D eigenvalue weighted by atomic mass is 16.6. The van der Waals surface area contributed by atoms with Crippen molar-refractivity contribution in [2.45, 2.75) is 59.6 Å². The summed E-state index contributed by atoms with van der Waals surface area (Å²) in [5, 5.41) is 0. The summed E-state index contributed by atoms with van der Waals surface area (Å²) in [6.45, 7) is 13.5. The van der Waals surface area contributed by atoms with Gasteiger partial charge in [0.1, 0.15) is 11.6 Å². The van der Waals surface area contributed by atoms with E-state index in [4.69, 9.17) is 4.74 Å². The number of likely N-dealkylation sites (tertiary alicyclic amines) is 1. The fourth-order valence-electron chi connectivity index (χ4n) is 3.03. The van der Waals surface area contributed by atoms with Crippen molar-refractivity contribution in [3.05, 3.63) is 0 Å². The summed E-state index contributed by atoms with van der Waals surface area (Å²) in [7, 11) is 1.71. The number of carbonyl (C=O) groups excluding carboxylic acids is 2. The largest absolute Gasteiger partial charge is 0.458 e. The number of rotatable bonds is 5. The lowest BCUT2D eigenvalue weighted by Crippen LogP contribution is -2.50. The molecule has 1 fully saturated rings. The smallest absolute Gasteiger partial charge is 0.329 e. The van der Waals surface area contributed by atoms with E-state index < -0.39 is 11.6 Å². The Morgan fingerprint density at radius 1 is 1.33 bits per heavy atom. The predicted octanol–water partition coefficient (Wildman–Crippen LogP) is 2.16. The Bertz CT molecular complexity index is 511. The summed E-state index contributed by atoms with van der Waals surface area (Å²) in [4.78, 5) is 29.1. The zero-order chi connectivity index (χ0) is 18.5. The molecule has 1 saturated heterocycles. The van der Waals surface area contributed by atoms with E-state index in [0.29, 0.717) is 13.1 Å². The van der Waals surface area contributed by atoms with Crippen LogP contribution in [0, 0.1) is 23.7 Å². The maximum absolute atomic E-state index is 12.8. The summed E-state index contributed by atoms with van der Waals surface area (Å²) in [6.07, 6.45) is 0.813. The Hall–Kier alpha value is -1.54. The molecule has 1 aliphatic rings. The van der Waals surface area contributed by atoms with Gasteiger partial charge in [-0.1, -0.05) is 19.8 Å². The lowest BCUT2D eigenvalue weighted by molar-refractivity contribution is -0.166. The molecule has 0 aromatic carbocycles. The number of nitrogens with zero attached hydrogens (tertiary/aromatic N) is 2. The lowest BCUT2D eigenvalue weighted by Gasteiger charge is -2.33. The van der Waals surface area contributed by atoms with Gasteiger partial charge < -0.3 is 9.64 Å². The van der Waals surface area contributed by atoms with Crippen LogP contribution in [0.5, 0.6) is 0 Å². The Labute approximate surface area is 146 Å². The average Bonchev–Trinajstić information content (AvgIpc) is 2.90. The maximum atomic E-state index is 12.8. The molecule has 2 atom stereocenters. The van der Waals surface area contributed by atoms with Crippen LogP contribution in [-0.4, -0.2) is 60.0 Å². The normalized spacial score (nSPS) is 19.6. The first-order valence-corrected chi connectivity index (χ1v) is 8.68. The van der Waals surface area contributed by atoms with Crippen molar-refractivity contribution in [3.63, 3.8) is 0 Å². The van der Waals surface area contributed by atoms with Crippen LogP contribution in [0.1, 0.15) is 48.0 Å². The molecule has 1 rings (SSSR count). The first kappa shape index (κ1) is 20.5. The number of likely N-dealkylation sites (N-methyl/N-ethyl adjacent to an activating group) is 1. The highest BCUT2D eigenvalue weighted by Crippen LogP contribution is 2.22. The highest BCUT2D eigenvalue weighted by Gasteiger charge is 2.37. The first-order chi connectivity index (χ1) is 11.1. The Morgan fingerprint density at radius 2 is 1.96 bits per heavy atom. The van der Waals surface area contributed by atoms with Gasteiger partial charge in [0.15, 0.2) is 0 Å². The second kappa shape index (κ2) is 8.53. The number of ether oxygens (including phenoxy) is 1. The van der Waals surface area contributed by atoms with Crippen molar-refractivity contribution in [3.8, 4) is 11.8 Å². The van der Waals surface area contributed by atoms with E-state index in [1.54, 1.807) is 11.9 Å². The van der Waals surface area contributed by atoms with Crippen LogP contribution in [0.25, 0.3) is 0 Å². The minimum absolute atomic E-state index is 0.00253. The van der Waals surface area contributed by atoms with Gasteiger partial charge in [-0.3, -0.25) is 9.69 Å². The maximum Gasteiger partial charge on any atom is 0.329 e. The third kappa shape index (κ3) is 5.83. The van der Waals surface area contributed by atoms with Crippen LogP contribution < -0.4 is 0 Å². The summed E-state index contributed by atoms with van der Waals surface area (Å²) >= 11 is 0. The van der Waals surface area contributed by atoms with E-state index in [1.165, 1.54) is 0 Å². The van der Waals surface area contributed by atoms with Crippen molar-refractivity contribution in [1.29, 1.82) is 0 Å². The van der Waals surface area contributed by atoms with Crippen molar-refractivity contribution in [2.75, 3.05) is 26.7 Å². The van der Waals surface area contributed by atoms with Gasteiger partial charge in [0.05, 0.1) is 12.5 Å². The topological polar surface area (TPSA) is 49.9 Å². The molecule has 1 heterocycles. The summed E-state index contributed by atoms with van der Waals surface area (Å²) < 4.78 is 5.51. The molecular weight excluding hydrogens is 304 g/mol. The fourth-order valence-corrected chi connectivity index (χ4v) is 3.03. The molecule has 136 valence electrons. The van der Waals surface area contributed by atoms with Crippen LogP contribution in [0.2, 0.25) is 0 Å². The van der Waals surface area contributed by atoms with Crippen molar-refractivity contribution in [2.24, 2.45) is 11.8 Å². The minimum atomic E-state index is -0.558. The zero-order valence-electron chi connectivity index (χ0n) is 16.2. The molecule has 0 bridgehead atoms. The molecule has 0 aromatic heterocycles. The molecule has 0 N–H and O–H groups in total. The van der Waals surface area contributed by atoms with E-state index in [2.05, 4.69) is 16.7 Å². The molecule has 1 amide bonds. The SMILES string of the molecule is CC#CCN1CC[C@H](C(=O)N(C)C(C(=O)OC(C)(C)C)C(C)C)C1. The van der Waals surface area contributed by atoms with Crippen molar-refractivity contribution >= 4 is 11.9 Å². The predicted molar refractivity (Wildman–Crippen MR) is 95.2 cm³/mol. The lowest BCUT2D eigenvalue weighted by atomic mass is 9.99. The van der Waals surface area contributed by atoms with Gasteiger partial charge in [0.2, 0.25) is 5.91 Å². The van der Waals surface area contributed by atoms with Gasteiger partial charge >= 0.3 is 5.97 Å². The molecule has 0 radical (unpaired) electrons. The monoisotopic (exact) mass is 336 g/mol. The first-order valence-electron chi connectivity index (χ1n) is 8.68. The highest BCUT2D eigenvalue weighted by molar-refractivity contribution is 5.86. The van der Waals surface area contributed by atoms with Gasteiger partial charge in [-0.05, 0) is 46.6 Å². The standard InChI is InChI=1S/C19H32N2O3/c1-8-9-11-21-12-10-15(13-21)17(22)20(7)16(14(2)3)18(23)24-19(4,5)6/h14-16H,10-13H2,1-7H3/t15-,16?/m0/s1. The molecule has 1 aliphatic heterocycles. The van der Waals surface area contributed by atoms with E-state index in [9.17, 15) is 9.59 Å². The molecular formula is C19H32N2O3. The van der Waals surface area contributed by atoms with Crippen LogP contribution >= 0.6 is 0 Å². The van der Waals surface area contributed by atoms with E-state index >= 15 is 0 Å². The van der Waals surface area contributed by atoms with Gasteiger partial charge in [-0.2, -0.15) is 0 Å². The number of carbonyl (C=O) groups is 2. The molecule has 5 heteroatoms. The van der Waals surface area contributed by atoms with Crippen LogP contribution in [0.4, 0.5) is 0 Å². The number of hydrogen-bond acceptors (Lipinski definition) is 4. The molecule has 0 saturated carbocycles.